The van der Waals surface area contributed by atoms with E-state index in [0.717, 1.165) is 16.4 Å². The Bertz CT molecular complexity index is 1320. The molecule has 1 aliphatic rings. The summed E-state index contributed by atoms with van der Waals surface area (Å²) in [4.78, 5) is 44.0. The number of nitro benzene ring substituents is 2. The maximum absolute atomic E-state index is 13.3. The molecule has 1 aliphatic heterocycles. The number of nitrogens with zero attached hydrogens (tertiary/aromatic N) is 3. The van der Waals surface area contributed by atoms with Crippen molar-refractivity contribution in [1.82, 2.24) is 9.62 Å². The number of carboxylic acid groups (broad SMARTS) is 1. The van der Waals surface area contributed by atoms with Gasteiger partial charge in [-0.2, -0.15) is 4.31 Å². The first-order valence-electron chi connectivity index (χ1n) is 11.7. The minimum atomic E-state index is -4.25. The van der Waals surface area contributed by atoms with Gasteiger partial charge < -0.3 is 19.9 Å². The van der Waals surface area contributed by atoms with E-state index in [2.05, 4.69) is 5.32 Å². The quantitative estimate of drug-likeness (QED) is 0.281. The van der Waals surface area contributed by atoms with E-state index in [-0.39, 0.29) is 25.4 Å². The Morgan fingerprint density at radius 3 is 2.41 bits per heavy atom. The number of amides is 1. The Morgan fingerprint density at radius 1 is 1.08 bits per heavy atom. The lowest BCUT2D eigenvalue weighted by Crippen LogP contribution is -2.48. The van der Waals surface area contributed by atoms with Gasteiger partial charge in [0.05, 0.1) is 23.1 Å². The van der Waals surface area contributed by atoms with Crippen molar-refractivity contribution in [3.8, 4) is 0 Å². The molecule has 0 aliphatic carbocycles. The summed E-state index contributed by atoms with van der Waals surface area (Å²) >= 11 is 0. The number of carboxylic acids is 1. The van der Waals surface area contributed by atoms with Crippen molar-refractivity contribution in [2.24, 2.45) is 0 Å². The van der Waals surface area contributed by atoms with E-state index >= 15 is 0 Å². The number of hydrogen-bond donors (Lipinski definition) is 2. The number of aliphatic carboxylic acids is 1. The van der Waals surface area contributed by atoms with E-state index in [9.17, 15) is 43.3 Å². The lowest BCUT2D eigenvalue weighted by atomic mass is 10.1. The van der Waals surface area contributed by atoms with Gasteiger partial charge in [-0.25, -0.2) is 18.0 Å². The van der Waals surface area contributed by atoms with Crippen molar-refractivity contribution in [2.45, 2.75) is 42.8 Å². The summed E-state index contributed by atoms with van der Waals surface area (Å²) in [6, 6.07) is 8.03. The lowest BCUT2D eigenvalue weighted by Gasteiger charge is -2.34. The number of nitro groups is 2. The average Bonchev–Trinajstić information content (AvgIpc) is 2.91. The minimum absolute atomic E-state index is 0.109. The second-order valence-corrected chi connectivity index (χ2v) is 10.4. The zero-order valence-electron chi connectivity index (χ0n) is 20.5. The summed E-state index contributed by atoms with van der Waals surface area (Å²) < 4.78 is 38.1. The summed E-state index contributed by atoms with van der Waals surface area (Å²) in [5.74, 6) is -1.42. The van der Waals surface area contributed by atoms with E-state index in [1.807, 2.05) is 0 Å². The first-order valence-corrected chi connectivity index (χ1v) is 13.2. The Balaban J connectivity index is 1.58. The maximum atomic E-state index is 13.3. The van der Waals surface area contributed by atoms with Gasteiger partial charge in [-0.1, -0.05) is 18.6 Å². The number of rotatable bonds is 12. The Labute approximate surface area is 222 Å². The van der Waals surface area contributed by atoms with Gasteiger partial charge in [-0.05, 0) is 36.6 Å². The number of alkyl carbamates (subject to hydrolysis) is 1. The summed E-state index contributed by atoms with van der Waals surface area (Å²) in [5, 5.41) is 33.7. The summed E-state index contributed by atoms with van der Waals surface area (Å²) in [5.41, 5.74) is -0.251. The zero-order chi connectivity index (χ0) is 28.6. The molecular formula is C23H26N4O11S. The van der Waals surface area contributed by atoms with Crippen LogP contribution in [0, 0.1) is 20.2 Å². The SMILES string of the molecule is O=C(N[C@H](COCC1CCCCN1S(=O)(=O)c1ccccc1[N+](=O)[O-])C(=O)O)OCc1ccc([N+](=O)[O-])cc1. The molecule has 1 unspecified atom stereocenters. The van der Waals surface area contributed by atoms with Crippen molar-refractivity contribution in [2.75, 3.05) is 19.8 Å². The van der Waals surface area contributed by atoms with Crippen molar-refractivity contribution in [1.29, 1.82) is 0 Å². The van der Waals surface area contributed by atoms with Crippen molar-refractivity contribution >= 4 is 33.5 Å². The molecule has 1 saturated heterocycles. The number of nitrogens with one attached hydrogen (secondary N) is 1. The third-order valence-electron chi connectivity index (χ3n) is 5.92. The van der Waals surface area contributed by atoms with Crippen LogP contribution in [0.1, 0.15) is 24.8 Å². The summed E-state index contributed by atoms with van der Waals surface area (Å²) in [7, 11) is -4.25. The molecule has 0 bridgehead atoms. The topological polar surface area (TPSA) is 209 Å². The molecule has 39 heavy (non-hydrogen) atoms. The van der Waals surface area contributed by atoms with Gasteiger partial charge in [-0.3, -0.25) is 20.2 Å². The molecule has 2 aromatic carbocycles. The van der Waals surface area contributed by atoms with Crippen LogP contribution in [0.15, 0.2) is 53.4 Å². The molecule has 1 amide bonds. The van der Waals surface area contributed by atoms with Crippen LogP contribution in [0.4, 0.5) is 16.2 Å². The Kier molecular flexibility index (Phi) is 9.86. The Hall–Kier alpha value is -4.15. The van der Waals surface area contributed by atoms with Gasteiger partial charge in [0.1, 0.15) is 6.61 Å². The molecule has 2 atom stereocenters. The molecule has 3 rings (SSSR count). The van der Waals surface area contributed by atoms with Crippen LogP contribution in [0.3, 0.4) is 0 Å². The maximum Gasteiger partial charge on any atom is 0.408 e. The average molecular weight is 567 g/mol. The van der Waals surface area contributed by atoms with Crippen molar-refractivity contribution in [3.05, 3.63) is 74.3 Å². The fourth-order valence-electron chi connectivity index (χ4n) is 3.95. The first kappa shape index (κ1) is 29.4. The molecule has 1 fully saturated rings. The number of ether oxygens (including phenoxy) is 2. The van der Waals surface area contributed by atoms with Crippen LogP contribution in [0.2, 0.25) is 0 Å². The van der Waals surface area contributed by atoms with Crippen LogP contribution in [-0.4, -0.2) is 71.6 Å². The second-order valence-electron chi connectivity index (χ2n) is 8.56. The normalized spacial score (nSPS) is 16.7. The van der Waals surface area contributed by atoms with Gasteiger partial charge in [-0.15, -0.1) is 0 Å². The third-order valence-corrected chi connectivity index (χ3v) is 7.92. The molecule has 2 aromatic rings. The molecule has 0 spiro atoms. The van der Waals surface area contributed by atoms with Gasteiger partial charge in [0.15, 0.2) is 10.9 Å². The fourth-order valence-corrected chi connectivity index (χ4v) is 5.79. The Morgan fingerprint density at radius 2 is 1.77 bits per heavy atom. The van der Waals surface area contributed by atoms with E-state index in [4.69, 9.17) is 9.47 Å². The van der Waals surface area contributed by atoms with Crippen molar-refractivity contribution in [3.63, 3.8) is 0 Å². The molecule has 16 heteroatoms. The number of carbonyl (C=O) groups is 2. The summed E-state index contributed by atoms with van der Waals surface area (Å²) in [6.07, 6.45) is 0.535. The molecule has 1 heterocycles. The number of benzene rings is 2. The standard InChI is InChI=1S/C23H26N4O11S/c28-22(29)19(24-23(30)38-13-16-8-10-17(11-9-16)26(31)32)15-37-14-18-5-3-4-12-25(18)39(35,36)21-7-2-1-6-20(21)27(33)34/h1-2,6-11,18-19H,3-5,12-15H2,(H,24,30)(H,28,29)/t18?,19-/m1/s1. The van der Waals surface area contributed by atoms with Gasteiger partial charge >= 0.3 is 12.1 Å². The monoisotopic (exact) mass is 566 g/mol. The van der Waals surface area contributed by atoms with E-state index < -0.39 is 61.2 Å². The second kappa shape index (κ2) is 13.1. The van der Waals surface area contributed by atoms with Crippen LogP contribution in [0.5, 0.6) is 0 Å². The molecular weight excluding hydrogens is 540 g/mol. The molecule has 15 nitrogen and oxygen atoms in total. The predicted molar refractivity (Wildman–Crippen MR) is 133 cm³/mol. The van der Waals surface area contributed by atoms with Gasteiger partial charge in [0.25, 0.3) is 11.4 Å². The minimum Gasteiger partial charge on any atom is -0.480 e. The lowest BCUT2D eigenvalue weighted by molar-refractivity contribution is -0.387. The largest absolute Gasteiger partial charge is 0.480 e. The molecule has 0 radical (unpaired) electrons. The highest BCUT2D eigenvalue weighted by atomic mass is 32.2. The number of para-hydroxylation sites is 1. The molecule has 210 valence electrons. The third kappa shape index (κ3) is 7.68. The highest BCUT2D eigenvalue weighted by Gasteiger charge is 2.37. The van der Waals surface area contributed by atoms with Crippen LogP contribution in [-0.2, 0) is 30.9 Å². The smallest absolute Gasteiger partial charge is 0.408 e. The van der Waals surface area contributed by atoms with E-state index in [1.165, 1.54) is 36.4 Å². The number of piperidine rings is 1. The van der Waals surface area contributed by atoms with Crippen LogP contribution in [0.25, 0.3) is 0 Å². The van der Waals surface area contributed by atoms with Crippen molar-refractivity contribution < 1.29 is 42.4 Å². The number of sulfonamides is 1. The number of hydrogen-bond acceptors (Lipinski definition) is 10. The van der Waals surface area contributed by atoms with Crippen LogP contribution >= 0.6 is 0 Å². The molecule has 0 saturated carbocycles. The highest BCUT2D eigenvalue weighted by Crippen LogP contribution is 2.30. The first-order chi connectivity index (χ1) is 18.5. The van der Waals surface area contributed by atoms with E-state index in [1.54, 1.807) is 0 Å². The van der Waals surface area contributed by atoms with Gasteiger partial charge in [0, 0.05) is 30.8 Å². The van der Waals surface area contributed by atoms with Gasteiger partial charge in [0.2, 0.25) is 10.0 Å². The number of non-ortho nitro benzene ring substituents is 1. The van der Waals surface area contributed by atoms with Crippen LogP contribution < -0.4 is 5.32 Å². The molecule has 0 aromatic heterocycles. The van der Waals surface area contributed by atoms with E-state index in [0.29, 0.717) is 24.8 Å². The number of carbonyl (C=O) groups excluding carboxylic acids is 1. The zero-order valence-corrected chi connectivity index (χ0v) is 21.3. The summed E-state index contributed by atoms with van der Waals surface area (Å²) in [6.45, 7) is -0.865. The highest BCUT2D eigenvalue weighted by molar-refractivity contribution is 7.89. The molecule has 2 N–H and O–H groups in total. The fraction of sp³-hybridized carbons (Fsp3) is 0.391. The predicted octanol–water partition coefficient (Wildman–Crippen LogP) is 2.44.